The highest BCUT2D eigenvalue weighted by Crippen LogP contribution is 2.35. The highest BCUT2D eigenvalue weighted by molar-refractivity contribution is 4.98. The maximum absolute atomic E-state index is 6.02. The van der Waals surface area contributed by atoms with Crippen molar-refractivity contribution < 1.29 is 0 Å². The summed E-state index contributed by atoms with van der Waals surface area (Å²) in [6.45, 7) is 1.15. The van der Waals surface area contributed by atoms with Crippen LogP contribution in [0.15, 0.2) is 0 Å². The Morgan fingerprint density at radius 1 is 1.25 bits per heavy atom. The number of rotatable bonds is 4. The molecule has 0 aromatic rings. The van der Waals surface area contributed by atoms with E-state index in [-0.39, 0.29) is 0 Å². The lowest BCUT2D eigenvalue weighted by Crippen LogP contribution is -2.58. The van der Waals surface area contributed by atoms with Gasteiger partial charge in [-0.1, -0.05) is 6.42 Å². The number of hydrogen-bond donors (Lipinski definition) is 2. The number of hydrogen-bond acceptors (Lipinski definition) is 3. The average molecular weight is 225 g/mol. The average Bonchev–Trinajstić information content (AvgIpc) is 2.15. The minimum Gasteiger partial charge on any atom is -0.328 e. The summed E-state index contributed by atoms with van der Waals surface area (Å²) < 4.78 is 0. The molecule has 2 aliphatic rings. The molecule has 3 heteroatoms. The zero-order valence-corrected chi connectivity index (χ0v) is 10.8. The molecule has 2 fully saturated rings. The summed E-state index contributed by atoms with van der Waals surface area (Å²) in [6.07, 6.45) is 9.10. The topological polar surface area (TPSA) is 41.3 Å². The van der Waals surface area contributed by atoms with Crippen LogP contribution in [-0.4, -0.2) is 43.2 Å². The molecule has 0 radical (unpaired) electrons. The lowest BCUT2D eigenvalue weighted by molar-refractivity contribution is 0.0552. The van der Waals surface area contributed by atoms with Crippen LogP contribution in [0, 0.1) is 0 Å². The largest absolute Gasteiger partial charge is 0.328 e. The number of nitrogens with two attached hydrogens (primary N) is 1. The summed E-state index contributed by atoms with van der Waals surface area (Å²) in [4.78, 5) is 2.41. The van der Waals surface area contributed by atoms with E-state index in [0.29, 0.717) is 17.6 Å². The third-order valence-corrected chi connectivity index (χ3v) is 4.67. The first-order valence-electron chi connectivity index (χ1n) is 6.79. The van der Waals surface area contributed by atoms with Gasteiger partial charge in [-0.2, -0.15) is 0 Å². The minimum absolute atomic E-state index is 0.433. The third kappa shape index (κ3) is 2.58. The van der Waals surface area contributed by atoms with Gasteiger partial charge in [-0.25, -0.2) is 0 Å². The summed E-state index contributed by atoms with van der Waals surface area (Å²) in [5, 5.41) is 3.75. The predicted octanol–water partition coefficient (Wildman–Crippen LogP) is 1.33. The molecule has 2 atom stereocenters. The fraction of sp³-hybridized carbons (Fsp3) is 1.00. The molecule has 94 valence electrons. The van der Waals surface area contributed by atoms with Gasteiger partial charge in [-0.3, -0.25) is 0 Å². The Balaban J connectivity index is 1.77. The van der Waals surface area contributed by atoms with Crippen LogP contribution < -0.4 is 11.1 Å². The first-order chi connectivity index (χ1) is 7.62. The zero-order valence-electron chi connectivity index (χ0n) is 10.8. The number of nitrogens with zero attached hydrogens (tertiary/aromatic N) is 1. The summed E-state index contributed by atoms with van der Waals surface area (Å²) in [5.41, 5.74) is 6.47. The maximum Gasteiger partial charge on any atom is 0.0328 e. The van der Waals surface area contributed by atoms with Crippen molar-refractivity contribution in [1.82, 2.24) is 10.2 Å². The fourth-order valence-corrected chi connectivity index (χ4v) is 3.11. The Morgan fingerprint density at radius 3 is 2.50 bits per heavy atom. The van der Waals surface area contributed by atoms with Crippen molar-refractivity contribution in [2.45, 2.75) is 62.6 Å². The standard InChI is InChI=1S/C13H27N3/c1-16(2)13(7-4-8-13)10-15-12-6-3-5-11(14)9-12/h11-12,15H,3-10,14H2,1-2H3. The Labute approximate surface area is 99.8 Å². The van der Waals surface area contributed by atoms with Gasteiger partial charge in [0.1, 0.15) is 0 Å². The molecular weight excluding hydrogens is 198 g/mol. The summed E-state index contributed by atoms with van der Waals surface area (Å²) in [7, 11) is 4.43. The van der Waals surface area contributed by atoms with E-state index in [1.807, 2.05) is 0 Å². The van der Waals surface area contributed by atoms with Crippen molar-refractivity contribution in [1.29, 1.82) is 0 Å². The first-order valence-corrected chi connectivity index (χ1v) is 6.79. The van der Waals surface area contributed by atoms with Crippen molar-refractivity contribution in [3.8, 4) is 0 Å². The van der Waals surface area contributed by atoms with Gasteiger partial charge in [0.05, 0.1) is 0 Å². The quantitative estimate of drug-likeness (QED) is 0.758. The Morgan fingerprint density at radius 2 is 2.00 bits per heavy atom. The van der Waals surface area contributed by atoms with Crippen LogP contribution in [0.5, 0.6) is 0 Å². The Kier molecular flexibility index (Phi) is 3.88. The molecule has 0 amide bonds. The summed E-state index contributed by atoms with van der Waals surface area (Å²) in [5.74, 6) is 0. The normalized spacial score (nSPS) is 33.8. The van der Waals surface area contributed by atoms with Crippen LogP contribution in [0.25, 0.3) is 0 Å². The molecule has 2 unspecified atom stereocenters. The minimum atomic E-state index is 0.433. The molecule has 0 spiro atoms. The van der Waals surface area contributed by atoms with Gasteiger partial charge in [0, 0.05) is 24.2 Å². The Hall–Kier alpha value is -0.120. The highest BCUT2D eigenvalue weighted by Gasteiger charge is 2.39. The molecule has 0 aromatic carbocycles. The predicted molar refractivity (Wildman–Crippen MR) is 68.5 cm³/mol. The Bertz CT molecular complexity index is 223. The van der Waals surface area contributed by atoms with Gasteiger partial charge in [0.15, 0.2) is 0 Å². The van der Waals surface area contributed by atoms with E-state index < -0.39 is 0 Å². The second kappa shape index (κ2) is 5.03. The second-order valence-electron chi connectivity index (χ2n) is 5.98. The molecule has 2 saturated carbocycles. The molecule has 0 aromatic heterocycles. The third-order valence-electron chi connectivity index (χ3n) is 4.67. The molecule has 3 nitrogen and oxygen atoms in total. The van der Waals surface area contributed by atoms with E-state index in [1.165, 1.54) is 44.9 Å². The van der Waals surface area contributed by atoms with Crippen molar-refractivity contribution in [2.24, 2.45) is 5.73 Å². The summed E-state index contributed by atoms with van der Waals surface area (Å²) >= 11 is 0. The monoisotopic (exact) mass is 225 g/mol. The van der Waals surface area contributed by atoms with Gasteiger partial charge in [0.25, 0.3) is 0 Å². The lowest BCUT2D eigenvalue weighted by Gasteiger charge is -2.48. The van der Waals surface area contributed by atoms with Crippen LogP contribution in [0.2, 0.25) is 0 Å². The van der Waals surface area contributed by atoms with Crippen molar-refractivity contribution in [3.05, 3.63) is 0 Å². The molecule has 0 saturated heterocycles. The van der Waals surface area contributed by atoms with Crippen LogP contribution in [0.4, 0.5) is 0 Å². The van der Waals surface area contributed by atoms with Crippen LogP contribution >= 0.6 is 0 Å². The molecule has 0 aliphatic heterocycles. The second-order valence-corrected chi connectivity index (χ2v) is 5.98. The van der Waals surface area contributed by atoms with E-state index in [1.54, 1.807) is 0 Å². The fourth-order valence-electron chi connectivity index (χ4n) is 3.11. The summed E-state index contributed by atoms with van der Waals surface area (Å²) in [6, 6.07) is 1.10. The molecule has 0 bridgehead atoms. The molecular formula is C13H27N3. The highest BCUT2D eigenvalue weighted by atomic mass is 15.2. The van der Waals surface area contributed by atoms with Gasteiger partial charge in [0.2, 0.25) is 0 Å². The molecule has 0 heterocycles. The van der Waals surface area contributed by atoms with Crippen LogP contribution in [-0.2, 0) is 0 Å². The van der Waals surface area contributed by atoms with E-state index in [4.69, 9.17) is 5.73 Å². The first kappa shape index (κ1) is 12.3. The van der Waals surface area contributed by atoms with E-state index in [9.17, 15) is 0 Å². The van der Waals surface area contributed by atoms with E-state index >= 15 is 0 Å². The van der Waals surface area contributed by atoms with E-state index in [0.717, 1.165) is 6.54 Å². The van der Waals surface area contributed by atoms with Gasteiger partial charge in [-0.15, -0.1) is 0 Å². The zero-order chi connectivity index (χ0) is 11.6. The lowest BCUT2D eigenvalue weighted by atomic mass is 9.75. The van der Waals surface area contributed by atoms with Gasteiger partial charge < -0.3 is 16.0 Å². The smallest absolute Gasteiger partial charge is 0.0328 e. The van der Waals surface area contributed by atoms with Gasteiger partial charge in [-0.05, 0) is 52.6 Å². The molecule has 2 aliphatic carbocycles. The molecule has 2 rings (SSSR count). The number of nitrogens with one attached hydrogen (secondary N) is 1. The van der Waals surface area contributed by atoms with E-state index in [2.05, 4.69) is 24.3 Å². The van der Waals surface area contributed by atoms with Gasteiger partial charge >= 0.3 is 0 Å². The van der Waals surface area contributed by atoms with Crippen molar-refractivity contribution >= 4 is 0 Å². The van der Waals surface area contributed by atoms with Crippen LogP contribution in [0.1, 0.15) is 44.9 Å². The SMILES string of the molecule is CN(C)C1(CNC2CCCC(N)C2)CCC1. The molecule has 3 N–H and O–H groups in total. The molecule has 16 heavy (non-hydrogen) atoms. The van der Waals surface area contributed by atoms with Crippen LogP contribution in [0.3, 0.4) is 0 Å². The van der Waals surface area contributed by atoms with Crippen molar-refractivity contribution in [3.63, 3.8) is 0 Å². The number of likely N-dealkylation sites (N-methyl/N-ethyl adjacent to an activating group) is 1. The van der Waals surface area contributed by atoms with Crippen molar-refractivity contribution in [2.75, 3.05) is 20.6 Å². The maximum atomic E-state index is 6.02.